The van der Waals surface area contributed by atoms with Gasteiger partial charge in [0, 0.05) is 23.8 Å². The summed E-state index contributed by atoms with van der Waals surface area (Å²) in [4.78, 5) is 34.9. The van der Waals surface area contributed by atoms with Crippen LogP contribution in [0.3, 0.4) is 0 Å². The lowest BCUT2D eigenvalue weighted by Crippen LogP contribution is -2.42. The van der Waals surface area contributed by atoms with Gasteiger partial charge in [0.1, 0.15) is 18.7 Å². The number of fused-ring (bicyclic) bond motifs is 2. The Morgan fingerprint density at radius 2 is 1.95 bits per heavy atom. The van der Waals surface area contributed by atoms with E-state index in [1.165, 1.54) is 6.92 Å². The van der Waals surface area contributed by atoms with Gasteiger partial charge in [-0.15, -0.1) is 0 Å². The third-order valence-corrected chi connectivity index (χ3v) is 5.86. The van der Waals surface area contributed by atoms with Gasteiger partial charge in [0.25, 0.3) is 0 Å². The van der Waals surface area contributed by atoms with Crippen LogP contribution in [0.5, 0.6) is 0 Å². The van der Waals surface area contributed by atoms with Crippen LogP contribution in [0, 0.1) is 22.2 Å². The minimum absolute atomic E-state index is 0.0733. The summed E-state index contributed by atoms with van der Waals surface area (Å²) < 4.78 is 5.63. The van der Waals surface area contributed by atoms with Crippen molar-refractivity contribution in [1.29, 1.82) is 0 Å². The number of esters is 1. The molecule has 0 aromatic carbocycles. The van der Waals surface area contributed by atoms with Crippen molar-refractivity contribution >= 4 is 18.5 Å². The summed E-state index contributed by atoms with van der Waals surface area (Å²) in [5.74, 6) is -0.240. The fraction of sp³-hybridized carbons (Fsp3) is 0.706. The van der Waals surface area contributed by atoms with Crippen molar-refractivity contribution in [3.05, 3.63) is 11.1 Å². The van der Waals surface area contributed by atoms with E-state index in [0.717, 1.165) is 31.0 Å². The molecule has 4 nitrogen and oxygen atoms in total. The van der Waals surface area contributed by atoms with Crippen LogP contribution < -0.4 is 0 Å². The van der Waals surface area contributed by atoms with E-state index < -0.39 is 10.8 Å². The van der Waals surface area contributed by atoms with Gasteiger partial charge in [0.2, 0.25) is 0 Å². The van der Waals surface area contributed by atoms with Crippen molar-refractivity contribution in [3.8, 4) is 0 Å². The average molecular weight is 290 g/mol. The molecule has 0 bridgehead atoms. The quantitative estimate of drug-likeness (QED) is 0.592. The van der Waals surface area contributed by atoms with Gasteiger partial charge in [-0.25, -0.2) is 0 Å². The Morgan fingerprint density at radius 1 is 1.29 bits per heavy atom. The number of rotatable bonds is 3. The highest BCUT2D eigenvalue weighted by Crippen LogP contribution is 2.75. The third-order valence-electron chi connectivity index (χ3n) is 5.86. The Kier molecular flexibility index (Phi) is 2.80. The molecule has 3 aliphatic carbocycles. The van der Waals surface area contributed by atoms with Crippen LogP contribution in [-0.2, 0) is 19.1 Å². The summed E-state index contributed by atoms with van der Waals surface area (Å²) in [6, 6.07) is 0. The second kappa shape index (κ2) is 4.05. The molecule has 3 aliphatic rings. The smallest absolute Gasteiger partial charge is 0.302 e. The number of carbonyl (C=O) groups excluding carboxylic acids is 3. The molecule has 0 amide bonds. The van der Waals surface area contributed by atoms with Crippen LogP contribution in [0.1, 0.15) is 47.0 Å². The normalized spacial score (nSPS) is 42.9. The predicted octanol–water partition coefficient (Wildman–Crippen LogP) is 2.46. The molecule has 4 atom stereocenters. The van der Waals surface area contributed by atoms with Crippen LogP contribution in [-0.4, -0.2) is 24.6 Å². The molecule has 0 unspecified atom stereocenters. The second-order valence-corrected chi connectivity index (χ2v) is 7.92. The maximum atomic E-state index is 11.7. The maximum absolute atomic E-state index is 11.7. The summed E-state index contributed by atoms with van der Waals surface area (Å²) in [5, 5.41) is 0. The Balaban J connectivity index is 2.15. The van der Waals surface area contributed by atoms with E-state index in [0.29, 0.717) is 12.0 Å². The fourth-order valence-electron chi connectivity index (χ4n) is 4.86. The van der Waals surface area contributed by atoms with E-state index in [4.69, 9.17) is 4.74 Å². The van der Waals surface area contributed by atoms with Crippen molar-refractivity contribution in [2.75, 3.05) is 0 Å². The molecular formula is C17H22O4. The predicted molar refractivity (Wildman–Crippen MR) is 76.4 cm³/mol. The molecule has 0 N–H and O–H groups in total. The highest BCUT2D eigenvalue weighted by Gasteiger charge is 2.76. The maximum Gasteiger partial charge on any atom is 0.302 e. The third kappa shape index (κ3) is 1.71. The second-order valence-electron chi connectivity index (χ2n) is 7.92. The minimum atomic E-state index is -0.735. The van der Waals surface area contributed by atoms with Crippen LogP contribution in [0.4, 0.5) is 0 Å². The Labute approximate surface area is 124 Å². The number of carbonyl (C=O) groups is 3. The highest BCUT2D eigenvalue weighted by atomic mass is 16.5. The molecule has 4 heteroatoms. The molecule has 0 aliphatic heterocycles. The van der Waals surface area contributed by atoms with Crippen molar-refractivity contribution in [2.45, 2.75) is 53.1 Å². The first-order valence-electron chi connectivity index (χ1n) is 7.53. The van der Waals surface area contributed by atoms with Crippen molar-refractivity contribution in [3.63, 3.8) is 0 Å². The van der Waals surface area contributed by atoms with Crippen molar-refractivity contribution in [1.82, 2.24) is 0 Å². The van der Waals surface area contributed by atoms with Gasteiger partial charge in [0.15, 0.2) is 0 Å². The van der Waals surface area contributed by atoms with Gasteiger partial charge in [-0.05, 0) is 24.7 Å². The van der Waals surface area contributed by atoms with E-state index >= 15 is 0 Å². The van der Waals surface area contributed by atoms with Crippen LogP contribution in [0.25, 0.3) is 0 Å². The summed E-state index contributed by atoms with van der Waals surface area (Å²) in [6.45, 7) is 7.70. The highest BCUT2D eigenvalue weighted by molar-refractivity contribution is 5.91. The number of allylic oxidation sites excluding steroid dienone is 1. The summed E-state index contributed by atoms with van der Waals surface area (Å²) in [6.07, 6.45) is 3.78. The number of hydrogen-bond donors (Lipinski definition) is 0. The standard InChI is InChI=1S/C17H22O4/c1-10(20)21-14-12-6-15(2,3)5-11(12)13(7-18)17(9-19)8-16(14,17)4/h7,9,12,14H,5-6,8H2,1-4H3/t12-,14-,16-,17+/m1/s1. The molecular weight excluding hydrogens is 268 g/mol. The molecule has 0 spiro atoms. The first kappa shape index (κ1) is 14.5. The molecule has 3 rings (SSSR count). The number of hydrogen-bond acceptors (Lipinski definition) is 4. The minimum Gasteiger partial charge on any atom is -0.461 e. The van der Waals surface area contributed by atoms with Gasteiger partial charge in [0.05, 0.1) is 5.41 Å². The van der Waals surface area contributed by atoms with E-state index in [2.05, 4.69) is 13.8 Å². The zero-order valence-electron chi connectivity index (χ0n) is 13.1. The molecule has 2 fully saturated rings. The number of aldehydes is 2. The summed E-state index contributed by atoms with van der Waals surface area (Å²) >= 11 is 0. The Morgan fingerprint density at radius 3 is 2.48 bits per heavy atom. The van der Waals surface area contributed by atoms with Crippen LogP contribution in [0.15, 0.2) is 11.1 Å². The SMILES string of the molecule is CC(=O)O[C@@H]1[C@@H]2CC(C)(C)CC2=C(C=O)[C@@]2(C=O)C[C@]12C. The molecule has 2 saturated carbocycles. The zero-order valence-corrected chi connectivity index (χ0v) is 13.1. The lowest BCUT2D eigenvalue weighted by molar-refractivity contribution is -0.154. The van der Waals surface area contributed by atoms with Crippen LogP contribution >= 0.6 is 0 Å². The van der Waals surface area contributed by atoms with Gasteiger partial charge < -0.3 is 9.53 Å². The van der Waals surface area contributed by atoms with E-state index in [9.17, 15) is 14.4 Å². The van der Waals surface area contributed by atoms with Gasteiger partial charge in [-0.3, -0.25) is 9.59 Å². The number of ether oxygens (including phenoxy) is 1. The van der Waals surface area contributed by atoms with Gasteiger partial charge >= 0.3 is 5.97 Å². The lowest BCUT2D eigenvalue weighted by atomic mass is 9.70. The summed E-state index contributed by atoms with van der Waals surface area (Å²) in [7, 11) is 0. The lowest BCUT2D eigenvalue weighted by Gasteiger charge is -2.38. The van der Waals surface area contributed by atoms with E-state index in [1.807, 2.05) is 6.92 Å². The monoisotopic (exact) mass is 290 g/mol. The summed E-state index contributed by atoms with van der Waals surface area (Å²) in [5.41, 5.74) is 0.623. The zero-order chi connectivity index (χ0) is 15.6. The molecule has 0 aromatic rings. The molecule has 0 heterocycles. The Bertz CT molecular complexity index is 573. The molecule has 0 saturated heterocycles. The van der Waals surface area contributed by atoms with Crippen LogP contribution in [0.2, 0.25) is 0 Å². The Hall–Kier alpha value is -1.45. The molecule has 114 valence electrons. The average Bonchev–Trinajstić information content (AvgIpc) is 2.88. The topological polar surface area (TPSA) is 60.4 Å². The largest absolute Gasteiger partial charge is 0.461 e. The fourth-order valence-corrected chi connectivity index (χ4v) is 4.86. The first-order valence-corrected chi connectivity index (χ1v) is 7.53. The van der Waals surface area contributed by atoms with Crippen molar-refractivity contribution < 1.29 is 19.1 Å². The van der Waals surface area contributed by atoms with E-state index in [1.54, 1.807) is 0 Å². The molecule has 21 heavy (non-hydrogen) atoms. The first-order chi connectivity index (χ1) is 9.71. The van der Waals surface area contributed by atoms with Crippen molar-refractivity contribution in [2.24, 2.45) is 22.2 Å². The van der Waals surface area contributed by atoms with E-state index in [-0.39, 0.29) is 23.4 Å². The van der Waals surface area contributed by atoms with Gasteiger partial charge in [-0.2, -0.15) is 0 Å². The molecule has 0 aromatic heterocycles. The molecule has 0 radical (unpaired) electrons. The van der Waals surface area contributed by atoms with Gasteiger partial charge in [-0.1, -0.05) is 26.3 Å².